The molecule has 0 atom stereocenters. The second-order valence-electron chi connectivity index (χ2n) is 8.17. The summed E-state index contributed by atoms with van der Waals surface area (Å²) in [5.74, 6) is 0.890. The topological polar surface area (TPSA) is 36.3 Å². The SMILES string of the molecule is CC1(C)OB(c2cn(Cc3ccccc3)c(-c3ccccc3Br)n2)OC1(C)C. The summed E-state index contributed by atoms with van der Waals surface area (Å²) >= 11 is 3.67. The fraction of sp³-hybridized carbons (Fsp3) is 0.318. The van der Waals surface area contributed by atoms with Crippen molar-refractivity contribution in [1.29, 1.82) is 0 Å². The maximum absolute atomic E-state index is 6.22. The Morgan fingerprint density at radius 3 is 2.18 bits per heavy atom. The van der Waals surface area contributed by atoms with Crippen molar-refractivity contribution in [2.24, 2.45) is 0 Å². The highest BCUT2D eigenvalue weighted by atomic mass is 79.9. The Morgan fingerprint density at radius 2 is 1.54 bits per heavy atom. The van der Waals surface area contributed by atoms with Crippen molar-refractivity contribution in [2.75, 3.05) is 0 Å². The molecule has 2 aromatic carbocycles. The highest BCUT2D eigenvalue weighted by Gasteiger charge is 2.52. The molecule has 1 aliphatic heterocycles. The normalized spacial score (nSPS) is 17.8. The van der Waals surface area contributed by atoms with Crippen LogP contribution in [0.25, 0.3) is 11.4 Å². The average Bonchev–Trinajstić information content (AvgIpc) is 3.14. The third-order valence-corrected chi connectivity index (χ3v) is 6.29. The molecule has 0 N–H and O–H groups in total. The summed E-state index contributed by atoms with van der Waals surface area (Å²) in [4.78, 5) is 4.93. The molecule has 0 spiro atoms. The standard InChI is InChI=1S/C22H24BBrN2O2/c1-21(2)22(3,4)28-23(27-21)19-15-26(14-16-10-6-5-7-11-16)20(25-19)17-12-8-9-13-18(17)24/h5-13,15H,14H2,1-4H3. The van der Waals surface area contributed by atoms with Crippen LogP contribution in [-0.4, -0.2) is 27.9 Å². The molecule has 144 valence electrons. The molecule has 4 nitrogen and oxygen atoms in total. The Bertz CT molecular complexity index is 969. The van der Waals surface area contributed by atoms with E-state index in [1.807, 2.05) is 30.5 Å². The number of nitrogens with zero attached hydrogens (tertiary/aromatic N) is 2. The summed E-state index contributed by atoms with van der Waals surface area (Å²) in [5, 5.41) is 0. The smallest absolute Gasteiger partial charge is 0.398 e. The molecule has 0 saturated carbocycles. The van der Waals surface area contributed by atoms with Gasteiger partial charge >= 0.3 is 7.12 Å². The molecule has 1 saturated heterocycles. The maximum atomic E-state index is 6.22. The van der Waals surface area contributed by atoms with Crippen molar-refractivity contribution in [3.05, 3.63) is 70.8 Å². The van der Waals surface area contributed by atoms with E-state index >= 15 is 0 Å². The summed E-state index contributed by atoms with van der Waals surface area (Å²) in [7, 11) is -0.483. The number of halogens is 1. The van der Waals surface area contributed by atoms with Crippen LogP contribution in [0.2, 0.25) is 0 Å². The zero-order chi connectivity index (χ0) is 19.9. The molecule has 0 bridgehead atoms. The predicted molar refractivity (Wildman–Crippen MR) is 117 cm³/mol. The van der Waals surface area contributed by atoms with Crippen molar-refractivity contribution in [3.63, 3.8) is 0 Å². The minimum Gasteiger partial charge on any atom is -0.398 e. The molecule has 2 heterocycles. The molecule has 4 rings (SSSR count). The van der Waals surface area contributed by atoms with Gasteiger partial charge in [0.2, 0.25) is 0 Å². The third kappa shape index (κ3) is 3.57. The molecular weight excluding hydrogens is 415 g/mol. The van der Waals surface area contributed by atoms with E-state index in [1.165, 1.54) is 5.56 Å². The lowest BCUT2D eigenvalue weighted by Gasteiger charge is -2.32. The number of imidazole rings is 1. The van der Waals surface area contributed by atoms with E-state index in [-0.39, 0.29) is 0 Å². The van der Waals surface area contributed by atoms with Crippen molar-refractivity contribution in [3.8, 4) is 11.4 Å². The first-order chi connectivity index (χ1) is 13.3. The molecule has 28 heavy (non-hydrogen) atoms. The first-order valence-electron chi connectivity index (χ1n) is 9.48. The molecular formula is C22H24BBrN2O2. The Kier molecular flexibility index (Phi) is 4.98. The van der Waals surface area contributed by atoms with Crippen LogP contribution in [0, 0.1) is 0 Å². The fourth-order valence-corrected chi connectivity index (χ4v) is 3.73. The van der Waals surface area contributed by atoms with Gasteiger partial charge in [-0.15, -0.1) is 0 Å². The number of hydrogen-bond acceptors (Lipinski definition) is 3. The Labute approximate surface area is 175 Å². The zero-order valence-corrected chi connectivity index (χ0v) is 18.2. The van der Waals surface area contributed by atoms with Gasteiger partial charge in [0.25, 0.3) is 0 Å². The number of rotatable bonds is 4. The number of benzene rings is 2. The van der Waals surface area contributed by atoms with Crippen LogP contribution in [-0.2, 0) is 15.9 Å². The molecule has 0 unspecified atom stereocenters. The van der Waals surface area contributed by atoms with Gasteiger partial charge in [-0.1, -0.05) is 64.5 Å². The van der Waals surface area contributed by atoms with Crippen LogP contribution >= 0.6 is 15.9 Å². The summed E-state index contributed by atoms with van der Waals surface area (Å²) < 4.78 is 15.6. The zero-order valence-electron chi connectivity index (χ0n) is 16.6. The van der Waals surface area contributed by atoms with Crippen molar-refractivity contribution in [1.82, 2.24) is 9.55 Å². The lowest BCUT2D eigenvalue weighted by Crippen LogP contribution is -2.41. The van der Waals surface area contributed by atoms with Crippen LogP contribution in [0.3, 0.4) is 0 Å². The van der Waals surface area contributed by atoms with Crippen LogP contribution in [0.4, 0.5) is 0 Å². The van der Waals surface area contributed by atoms with Gasteiger partial charge in [0.15, 0.2) is 0 Å². The number of aromatic nitrogens is 2. The van der Waals surface area contributed by atoms with Crippen molar-refractivity contribution < 1.29 is 9.31 Å². The highest BCUT2D eigenvalue weighted by molar-refractivity contribution is 9.10. The van der Waals surface area contributed by atoms with Gasteiger partial charge in [-0.05, 0) is 39.3 Å². The van der Waals surface area contributed by atoms with E-state index in [0.717, 1.165) is 28.0 Å². The molecule has 6 heteroatoms. The van der Waals surface area contributed by atoms with E-state index < -0.39 is 18.3 Å². The van der Waals surface area contributed by atoms with Crippen LogP contribution in [0.15, 0.2) is 65.3 Å². The molecule has 1 fully saturated rings. The summed E-state index contributed by atoms with van der Waals surface area (Å²) in [5.41, 5.74) is 2.26. The maximum Gasteiger partial charge on any atom is 0.516 e. The molecule has 1 aromatic heterocycles. The predicted octanol–water partition coefficient (Wildman–Crippen LogP) is 4.66. The first-order valence-corrected chi connectivity index (χ1v) is 10.3. The Morgan fingerprint density at radius 1 is 0.929 bits per heavy atom. The van der Waals surface area contributed by atoms with Crippen molar-refractivity contribution in [2.45, 2.75) is 45.4 Å². The highest BCUT2D eigenvalue weighted by Crippen LogP contribution is 2.36. The van der Waals surface area contributed by atoms with E-state index in [2.05, 4.69) is 78.5 Å². The minimum absolute atomic E-state index is 0.394. The van der Waals surface area contributed by atoms with Gasteiger partial charge in [-0.2, -0.15) is 0 Å². The van der Waals surface area contributed by atoms with Gasteiger partial charge < -0.3 is 13.9 Å². The second-order valence-corrected chi connectivity index (χ2v) is 9.03. The van der Waals surface area contributed by atoms with Gasteiger partial charge in [-0.3, -0.25) is 0 Å². The molecule has 1 aliphatic rings. The summed E-state index contributed by atoms with van der Waals surface area (Å²) in [6, 6.07) is 18.5. The quantitative estimate of drug-likeness (QED) is 0.555. The molecule has 0 amide bonds. The molecule has 0 aliphatic carbocycles. The largest absolute Gasteiger partial charge is 0.516 e. The van der Waals surface area contributed by atoms with Crippen LogP contribution in [0.1, 0.15) is 33.3 Å². The lowest BCUT2D eigenvalue weighted by molar-refractivity contribution is 0.00578. The van der Waals surface area contributed by atoms with Gasteiger partial charge in [-0.25, -0.2) is 4.98 Å². The Hall–Kier alpha value is -1.89. The lowest BCUT2D eigenvalue weighted by atomic mass is 9.86. The summed E-state index contributed by atoms with van der Waals surface area (Å²) in [6.07, 6.45) is 2.05. The first kappa shape index (κ1) is 19.4. The van der Waals surface area contributed by atoms with Crippen LogP contribution < -0.4 is 5.59 Å². The van der Waals surface area contributed by atoms with E-state index in [1.54, 1.807) is 0 Å². The van der Waals surface area contributed by atoms with Gasteiger partial charge in [0, 0.05) is 22.8 Å². The monoisotopic (exact) mass is 438 g/mol. The Balaban J connectivity index is 1.76. The van der Waals surface area contributed by atoms with E-state index in [0.29, 0.717) is 0 Å². The van der Waals surface area contributed by atoms with E-state index in [4.69, 9.17) is 14.3 Å². The molecule has 3 aromatic rings. The van der Waals surface area contributed by atoms with Crippen molar-refractivity contribution >= 4 is 28.6 Å². The fourth-order valence-electron chi connectivity index (χ4n) is 3.27. The minimum atomic E-state index is -0.483. The van der Waals surface area contributed by atoms with Crippen LogP contribution in [0.5, 0.6) is 0 Å². The van der Waals surface area contributed by atoms with Gasteiger partial charge in [0.1, 0.15) is 5.82 Å². The van der Waals surface area contributed by atoms with Gasteiger partial charge in [0.05, 0.1) is 16.8 Å². The molecule has 0 radical (unpaired) electrons. The second kappa shape index (κ2) is 7.18. The number of hydrogen-bond donors (Lipinski definition) is 0. The van der Waals surface area contributed by atoms with E-state index in [9.17, 15) is 0 Å². The summed E-state index contributed by atoms with van der Waals surface area (Å²) in [6.45, 7) is 8.96. The average molecular weight is 439 g/mol. The third-order valence-electron chi connectivity index (χ3n) is 5.60.